The quantitative estimate of drug-likeness (QED) is 0.552. The van der Waals surface area contributed by atoms with E-state index in [1.165, 1.54) is 25.7 Å². The second-order valence-electron chi connectivity index (χ2n) is 5.39. The summed E-state index contributed by atoms with van der Waals surface area (Å²) in [4.78, 5) is 4.06. The molecular formula is C16H24N2O2. The fraction of sp³-hybridized carbons (Fsp3) is 0.562. The molecule has 0 unspecified atom stereocenters. The molecule has 0 bridgehead atoms. The second-order valence-corrected chi connectivity index (χ2v) is 5.39. The third kappa shape index (κ3) is 3.81. The standard InChI is InChI=1S/C16H24N2O2/c1-12-16(20)15(14(11-19)9-18-12)10-17-8-7-13-5-3-2-4-6-13/h5,9,17,19-20H,2-4,6-8,10-11H2,1H3. The lowest BCUT2D eigenvalue weighted by Gasteiger charge is -2.14. The molecule has 0 fully saturated rings. The van der Waals surface area contributed by atoms with E-state index >= 15 is 0 Å². The van der Waals surface area contributed by atoms with Gasteiger partial charge in [0.1, 0.15) is 5.75 Å². The van der Waals surface area contributed by atoms with Crippen LogP contribution >= 0.6 is 0 Å². The molecule has 4 nitrogen and oxygen atoms in total. The average molecular weight is 276 g/mol. The maximum atomic E-state index is 10.0. The fourth-order valence-corrected chi connectivity index (χ4v) is 2.61. The molecule has 20 heavy (non-hydrogen) atoms. The van der Waals surface area contributed by atoms with E-state index in [1.807, 2.05) is 0 Å². The Morgan fingerprint density at radius 3 is 2.90 bits per heavy atom. The molecule has 0 aliphatic heterocycles. The molecule has 0 radical (unpaired) electrons. The van der Waals surface area contributed by atoms with Crippen molar-refractivity contribution in [3.05, 3.63) is 34.7 Å². The van der Waals surface area contributed by atoms with Gasteiger partial charge in [0.25, 0.3) is 0 Å². The summed E-state index contributed by atoms with van der Waals surface area (Å²) in [7, 11) is 0. The van der Waals surface area contributed by atoms with Gasteiger partial charge >= 0.3 is 0 Å². The zero-order valence-corrected chi connectivity index (χ0v) is 12.2. The van der Waals surface area contributed by atoms with Gasteiger partial charge in [0.2, 0.25) is 0 Å². The lowest BCUT2D eigenvalue weighted by Crippen LogP contribution is -2.17. The van der Waals surface area contributed by atoms with Crippen LogP contribution in [0.5, 0.6) is 5.75 Å². The highest BCUT2D eigenvalue weighted by Gasteiger charge is 2.11. The van der Waals surface area contributed by atoms with Gasteiger partial charge in [-0.2, -0.15) is 0 Å². The third-order valence-corrected chi connectivity index (χ3v) is 3.91. The van der Waals surface area contributed by atoms with E-state index in [0.29, 0.717) is 17.8 Å². The molecule has 0 saturated carbocycles. The Bertz CT molecular complexity index is 484. The Labute approximate surface area is 120 Å². The summed E-state index contributed by atoms with van der Waals surface area (Å²) < 4.78 is 0. The molecular weight excluding hydrogens is 252 g/mol. The van der Waals surface area contributed by atoms with Crippen LogP contribution in [0.2, 0.25) is 0 Å². The number of hydrogen-bond donors (Lipinski definition) is 3. The van der Waals surface area contributed by atoms with Crippen LogP contribution in [-0.4, -0.2) is 21.7 Å². The largest absolute Gasteiger partial charge is 0.506 e. The SMILES string of the molecule is Cc1ncc(CO)c(CNCCC2=CCCCC2)c1O. The van der Waals surface area contributed by atoms with Gasteiger partial charge in [0, 0.05) is 23.9 Å². The Hall–Kier alpha value is -1.39. The molecule has 1 aromatic rings. The molecule has 1 aliphatic rings. The van der Waals surface area contributed by atoms with Crippen molar-refractivity contribution >= 4 is 0 Å². The topological polar surface area (TPSA) is 65.4 Å². The fourth-order valence-electron chi connectivity index (χ4n) is 2.61. The monoisotopic (exact) mass is 276 g/mol. The number of allylic oxidation sites excluding steroid dienone is 1. The molecule has 1 heterocycles. The highest BCUT2D eigenvalue weighted by Crippen LogP contribution is 2.24. The van der Waals surface area contributed by atoms with Crippen molar-refractivity contribution in [1.82, 2.24) is 10.3 Å². The maximum absolute atomic E-state index is 10.0. The van der Waals surface area contributed by atoms with Crippen molar-refractivity contribution in [2.75, 3.05) is 6.54 Å². The lowest BCUT2D eigenvalue weighted by atomic mass is 9.97. The number of aryl methyl sites for hydroxylation is 1. The normalized spacial score (nSPS) is 15.2. The predicted molar refractivity (Wildman–Crippen MR) is 79.4 cm³/mol. The van der Waals surface area contributed by atoms with E-state index < -0.39 is 0 Å². The maximum Gasteiger partial charge on any atom is 0.141 e. The van der Waals surface area contributed by atoms with E-state index in [-0.39, 0.29) is 12.4 Å². The van der Waals surface area contributed by atoms with E-state index in [9.17, 15) is 10.2 Å². The molecule has 110 valence electrons. The van der Waals surface area contributed by atoms with Gasteiger partial charge in [-0.25, -0.2) is 0 Å². The van der Waals surface area contributed by atoms with Gasteiger partial charge in [0.05, 0.1) is 12.3 Å². The second kappa shape index (κ2) is 7.41. The number of nitrogens with zero attached hydrogens (tertiary/aromatic N) is 1. The number of pyridine rings is 1. The number of aliphatic hydroxyl groups excluding tert-OH is 1. The summed E-state index contributed by atoms with van der Waals surface area (Å²) in [6, 6.07) is 0. The van der Waals surface area contributed by atoms with Crippen molar-refractivity contribution in [1.29, 1.82) is 0 Å². The summed E-state index contributed by atoms with van der Waals surface area (Å²) in [6.45, 7) is 3.14. The first-order valence-electron chi connectivity index (χ1n) is 7.38. The van der Waals surface area contributed by atoms with Crippen molar-refractivity contribution in [3.8, 4) is 5.75 Å². The van der Waals surface area contributed by atoms with Crippen LogP contribution in [0, 0.1) is 6.92 Å². The minimum Gasteiger partial charge on any atom is -0.506 e. The van der Waals surface area contributed by atoms with Crippen LogP contribution in [0.4, 0.5) is 0 Å². The van der Waals surface area contributed by atoms with E-state index in [1.54, 1.807) is 18.7 Å². The number of aliphatic hydroxyl groups is 1. The van der Waals surface area contributed by atoms with Crippen LogP contribution in [-0.2, 0) is 13.2 Å². The van der Waals surface area contributed by atoms with E-state index in [2.05, 4.69) is 16.4 Å². The van der Waals surface area contributed by atoms with E-state index in [0.717, 1.165) is 18.5 Å². The molecule has 0 amide bonds. The van der Waals surface area contributed by atoms with Crippen LogP contribution in [0.1, 0.15) is 48.9 Å². The number of rotatable bonds is 6. The van der Waals surface area contributed by atoms with Crippen LogP contribution in [0.3, 0.4) is 0 Å². The first-order chi connectivity index (χ1) is 9.72. The van der Waals surface area contributed by atoms with Gasteiger partial charge in [-0.05, 0) is 45.6 Å². The first kappa shape index (κ1) is 15.0. The molecule has 1 aliphatic carbocycles. The van der Waals surface area contributed by atoms with Crippen molar-refractivity contribution < 1.29 is 10.2 Å². The summed E-state index contributed by atoms with van der Waals surface area (Å²) >= 11 is 0. The summed E-state index contributed by atoms with van der Waals surface area (Å²) in [5, 5.41) is 22.7. The van der Waals surface area contributed by atoms with Gasteiger partial charge in [-0.3, -0.25) is 4.98 Å². The number of nitrogens with one attached hydrogen (secondary N) is 1. The highest BCUT2D eigenvalue weighted by atomic mass is 16.3. The lowest BCUT2D eigenvalue weighted by molar-refractivity contribution is 0.278. The zero-order valence-electron chi connectivity index (χ0n) is 12.2. The molecule has 3 N–H and O–H groups in total. The van der Waals surface area contributed by atoms with E-state index in [4.69, 9.17) is 0 Å². The number of aromatic nitrogens is 1. The van der Waals surface area contributed by atoms with Gasteiger partial charge < -0.3 is 15.5 Å². The predicted octanol–water partition coefficient (Wildman–Crippen LogP) is 2.57. The van der Waals surface area contributed by atoms with Gasteiger partial charge in [-0.1, -0.05) is 11.6 Å². The molecule has 0 saturated heterocycles. The molecule has 4 heteroatoms. The van der Waals surface area contributed by atoms with Crippen LogP contribution in [0.25, 0.3) is 0 Å². The third-order valence-electron chi connectivity index (χ3n) is 3.91. The number of aromatic hydroxyl groups is 1. The first-order valence-corrected chi connectivity index (χ1v) is 7.38. The van der Waals surface area contributed by atoms with Gasteiger partial charge in [-0.15, -0.1) is 0 Å². The minimum absolute atomic E-state index is 0.0942. The Morgan fingerprint density at radius 1 is 1.35 bits per heavy atom. The van der Waals surface area contributed by atoms with Crippen LogP contribution < -0.4 is 5.32 Å². The van der Waals surface area contributed by atoms with Crippen LogP contribution in [0.15, 0.2) is 17.8 Å². The Kier molecular flexibility index (Phi) is 5.56. The van der Waals surface area contributed by atoms with Crippen molar-refractivity contribution in [3.63, 3.8) is 0 Å². The molecule has 0 aromatic carbocycles. The minimum atomic E-state index is -0.0942. The molecule has 1 aromatic heterocycles. The Balaban J connectivity index is 1.87. The molecule has 2 rings (SSSR count). The number of hydrogen-bond acceptors (Lipinski definition) is 4. The summed E-state index contributed by atoms with van der Waals surface area (Å²) in [6.07, 6.45) is 10.1. The van der Waals surface area contributed by atoms with Gasteiger partial charge in [0.15, 0.2) is 0 Å². The smallest absolute Gasteiger partial charge is 0.141 e. The summed E-state index contributed by atoms with van der Waals surface area (Å²) in [5.74, 6) is 0.195. The Morgan fingerprint density at radius 2 is 2.20 bits per heavy atom. The molecule has 0 spiro atoms. The van der Waals surface area contributed by atoms with Crippen molar-refractivity contribution in [2.45, 2.75) is 52.2 Å². The average Bonchev–Trinajstić information content (AvgIpc) is 2.49. The summed E-state index contributed by atoms with van der Waals surface area (Å²) in [5.41, 5.74) is 3.60. The zero-order chi connectivity index (χ0) is 14.4. The molecule has 0 atom stereocenters. The highest BCUT2D eigenvalue weighted by molar-refractivity contribution is 5.40. The van der Waals surface area contributed by atoms with Crippen molar-refractivity contribution in [2.24, 2.45) is 0 Å².